The number of anilines is 1. The second-order valence-electron chi connectivity index (χ2n) is 4.80. The van der Waals surface area contributed by atoms with Crippen molar-refractivity contribution in [3.8, 4) is 0 Å². The van der Waals surface area contributed by atoms with Crippen molar-refractivity contribution < 1.29 is 20.1 Å². The molecule has 108 valence electrons. The van der Waals surface area contributed by atoms with E-state index in [-0.39, 0.29) is 5.82 Å². The normalized spacial score (nSPS) is 31.8. The highest BCUT2D eigenvalue weighted by Crippen LogP contribution is 2.33. The van der Waals surface area contributed by atoms with Crippen LogP contribution in [-0.2, 0) is 4.74 Å². The van der Waals surface area contributed by atoms with Gasteiger partial charge in [0, 0.05) is 0 Å². The molecule has 0 amide bonds. The van der Waals surface area contributed by atoms with E-state index in [2.05, 4.69) is 15.0 Å². The predicted octanol–water partition coefficient (Wildman–Crippen LogP) is -1.59. The van der Waals surface area contributed by atoms with Crippen LogP contribution in [0.4, 0.5) is 5.82 Å². The van der Waals surface area contributed by atoms with E-state index >= 15 is 0 Å². The number of nitrogen functional groups attached to an aromatic ring is 1. The van der Waals surface area contributed by atoms with Gasteiger partial charge in [0.15, 0.2) is 17.7 Å². The molecule has 0 aromatic carbocycles. The van der Waals surface area contributed by atoms with Crippen LogP contribution in [0.3, 0.4) is 0 Å². The molecule has 1 aliphatic heterocycles. The first kappa shape index (κ1) is 13.2. The fourth-order valence-electron chi connectivity index (χ4n) is 2.37. The Morgan fingerprint density at radius 2 is 2.05 bits per heavy atom. The van der Waals surface area contributed by atoms with E-state index in [1.54, 1.807) is 0 Å². The Morgan fingerprint density at radius 3 is 2.70 bits per heavy atom. The third kappa shape index (κ3) is 1.83. The van der Waals surface area contributed by atoms with Crippen LogP contribution >= 0.6 is 0 Å². The molecule has 2 aromatic rings. The number of aliphatic hydroxyl groups is 3. The molecule has 5 N–H and O–H groups in total. The molecule has 3 rings (SSSR count). The van der Waals surface area contributed by atoms with E-state index in [0.29, 0.717) is 11.2 Å². The minimum absolute atomic E-state index is 0.217. The maximum atomic E-state index is 10.1. The van der Waals surface area contributed by atoms with Crippen LogP contribution in [0.1, 0.15) is 13.2 Å². The first-order valence-corrected chi connectivity index (χ1v) is 6.13. The molecule has 0 aliphatic carbocycles. The number of rotatable bonds is 2. The largest absolute Gasteiger partial charge is 0.391 e. The topological polar surface area (TPSA) is 140 Å². The monoisotopic (exact) mass is 281 g/mol. The molecule has 0 spiro atoms. The lowest BCUT2D eigenvalue weighted by atomic mass is 10.1. The number of aromatic nitrogens is 4. The molecular formula is C11H15N5O4. The minimum Gasteiger partial charge on any atom is -0.391 e. The van der Waals surface area contributed by atoms with Crippen molar-refractivity contribution in [2.45, 2.75) is 37.6 Å². The summed E-state index contributed by atoms with van der Waals surface area (Å²) in [5.74, 6) is 0.217. The summed E-state index contributed by atoms with van der Waals surface area (Å²) in [5, 5.41) is 29.5. The van der Waals surface area contributed by atoms with Gasteiger partial charge in [0.25, 0.3) is 0 Å². The zero-order valence-electron chi connectivity index (χ0n) is 10.7. The van der Waals surface area contributed by atoms with Gasteiger partial charge in [0.05, 0.1) is 12.4 Å². The van der Waals surface area contributed by atoms with Crippen molar-refractivity contribution in [2.75, 3.05) is 5.73 Å². The molecule has 0 saturated carbocycles. The van der Waals surface area contributed by atoms with Crippen LogP contribution in [0.5, 0.6) is 0 Å². The van der Waals surface area contributed by atoms with Gasteiger partial charge in [-0.1, -0.05) is 0 Å². The van der Waals surface area contributed by atoms with E-state index in [9.17, 15) is 15.3 Å². The van der Waals surface area contributed by atoms with E-state index in [4.69, 9.17) is 10.5 Å². The molecule has 1 fully saturated rings. The molecule has 3 heterocycles. The average molecular weight is 281 g/mol. The Morgan fingerprint density at radius 1 is 1.30 bits per heavy atom. The number of nitrogens with zero attached hydrogens (tertiary/aromatic N) is 4. The Bertz CT molecular complexity index is 630. The van der Waals surface area contributed by atoms with Crippen LogP contribution < -0.4 is 5.73 Å². The Balaban J connectivity index is 2.02. The lowest BCUT2D eigenvalue weighted by Gasteiger charge is -2.17. The molecule has 5 atom stereocenters. The molecule has 0 radical (unpaired) electrons. The van der Waals surface area contributed by atoms with Crippen molar-refractivity contribution in [1.82, 2.24) is 19.5 Å². The van der Waals surface area contributed by atoms with Crippen molar-refractivity contribution in [1.29, 1.82) is 0 Å². The summed E-state index contributed by atoms with van der Waals surface area (Å²) in [6.45, 7) is 1.48. The highest BCUT2D eigenvalue weighted by molar-refractivity contribution is 5.81. The number of ether oxygens (including phenoxy) is 1. The average Bonchev–Trinajstić information content (AvgIpc) is 2.94. The summed E-state index contributed by atoms with van der Waals surface area (Å²) in [6.07, 6.45) is -2.42. The summed E-state index contributed by atoms with van der Waals surface area (Å²) in [5.41, 5.74) is 6.46. The number of aliphatic hydroxyl groups excluding tert-OH is 3. The van der Waals surface area contributed by atoms with Gasteiger partial charge in [-0.05, 0) is 6.92 Å². The third-order valence-corrected chi connectivity index (χ3v) is 3.41. The highest BCUT2D eigenvalue weighted by atomic mass is 16.6. The van der Waals surface area contributed by atoms with Gasteiger partial charge in [-0.3, -0.25) is 4.57 Å². The highest BCUT2D eigenvalue weighted by Gasteiger charge is 2.46. The number of nitrogens with two attached hydrogens (primary N) is 1. The number of hydrogen-bond donors (Lipinski definition) is 4. The van der Waals surface area contributed by atoms with Crippen LogP contribution in [0.25, 0.3) is 11.2 Å². The van der Waals surface area contributed by atoms with E-state index in [1.807, 2.05) is 0 Å². The van der Waals surface area contributed by atoms with E-state index in [0.717, 1.165) is 0 Å². The van der Waals surface area contributed by atoms with Gasteiger partial charge in [-0.2, -0.15) is 0 Å². The smallest absolute Gasteiger partial charge is 0.167 e. The van der Waals surface area contributed by atoms with Gasteiger partial charge < -0.3 is 25.8 Å². The molecule has 1 saturated heterocycles. The van der Waals surface area contributed by atoms with Gasteiger partial charge in [-0.25, -0.2) is 15.0 Å². The molecule has 0 unspecified atom stereocenters. The molecule has 0 bridgehead atoms. The second kappa shape index (κ2) is 4.63. The molecular weight excluding hydrogens is 266 g/mol. The third-order valence-electron chi connectivity index (χ3n) is 3.41. The van der Waals surface area contributed by atoms with Gasteiger partial charge >= 0.3 is 0 Å². The zero-order valence-corrected chi connectivity index (χ0v) is 10.7. The van der Waals surface area contributed by atoms with Crippen molar-refractivity contribution in [3.63, 3.8) is 0 Å². The maximum absolute atomic E-state index is 10.1. The van der Waals surface area contributed by atoms with Gasteiger partial charge in [-0.15, -0.1) is 0 Å². The molecule has 2 aromatic heterocycles. The van der Waals surface area contributed by atoms with Gasteiger partial charge in [0.1, 0.15) is 30.2 Å². The molecule has 1 aliphatic rings. The lowest BCUT2D eigenvalue weighted by molar-refractivity contribution is -0.0777. The first-order valence-electron chi connectivity index (χ1n) is 6.13. The quantitative estimate of drug-likeness (QED) is 0.516. The van der Waals surface area contributed by atoms with Crippen molar-refractivity contribution >= 4 is 17.0 Å². The summed E-state index contributed by atoms with van der Waals surface area (Å²) in [4.78, 5) is 11.9. The number of hydrogen-bond acceptors (Lipinski definition) is 8. The molecule has 9 nitrogen and oxygen atoms in total. The van der Waals surface area contributed by atoms with Gasteiger partial charge in [0.2, 0.25) is 0 Å². The second-order valence-corrected chi connectivity index (χ2v) is 4.80. The van der Waals surface area contributed by atoms with E-state index < -0.39 is 30.6 Å². The number of imidazole rings is 1. The Kier molecular flexibility index (Phi) is 3.05. The fraction of sp³-hybridized carbons (Fsp3) is 0.545. The van der Waals surface area contributed by atoms with Crippen molar-refractivity contribution in [3.05, 3.63) is 12.7 Å². The van der Waals surface area contributed by atoms with Crippen LogP contribution in [0.15, 0.2) is 12.7 Å². The van der Waals surface area contributed by atoms with Crippen LogP contribution in [-0.4, -0.2) is 59.3 Å². The summed E-state index contributed by atoms with van der Waals surface area (Å²) < 4.78 is 6.97. The Labute approximate surface area is 113 Å². The minimum atomic E-state index is -1.21. The summed E-state index contributed by atoms with van der Waals surface area (Å²) in [6, 6.07) is 0. The zero-order chi connectivity index (χ0) is 14.4. The Hall–Kier alpha value is -1.81. The first-order chi connectivity index (χ1) is 9.50. The number of fused-ring (bicyclic) bond motifs is 1. The molecule has 9 heteroatoms. The summed E-state index contributed by atoms with van der Waals surface area (Å²) >= 11 is 0. The standard InChI is InChI=1S/C11H15N5O4/c1-4(17)8-6(18)7(19)11(20-8)16-3-15-5-9(12)13-2-14-10(5)16/h2-4,6-8,11,17-19H,1H3,(H2,12,13,14)/t4-,6-,7+,8-,11+/m0/s1. The predicted molar refractivity (Wildman–Crippen MR) is 67.3 cm³/mol. The molecule has 20 heavy (non-hydrogen) atoms. The van der Waals surface area contributed by atoms with Crippen LogP contribution in [0.2, 0.25) is 0 Å². The SMILES string of the molecule is C[C@H](O)[C@@H]1O[C@@H](n2cnc3c(N)ncnc32)[C@H](O)[C@@H]1O. The maximum Gasteiger partial charge on any atom is 0.167 e. The van der Waals surface area contributed by atoms with Crippen LogP contribution in [0, 0.1) is 0 Å². The van der Waals surface area contributed by atoms with E-state index in [1.165, 1.54) is 24.1 Å². The summed E-state index contributed by atoms with van der Waals surface area (Å²) in [7, 11) is 0. The fourth-order valence-corrected chi connectivity index (χ4v) is 2.37. The van der Waals surface area contributed by atoms with Crippen molar-refractivity contribution in [2.24, 2.45) is 0 Å². The lowest BCUT2D eigenvalue weighted by Crippen LogP contribution is -2.37.